The van der Waals surface area contributed by atoms with Gasteiger partial charge in [0, 0.05) is 23.6 Å². The zero-order valence-electron chi connectivity index (χ0n) is 15.4. The molecule has 0 spiro atoms. The van der Waals surface area contributed by atoms with Crippen LogP contribution in [-0.2, 0) is 10.2 Å². The lowest BCUT2D eigenvalue weighted by molar-refractivity contribution is -0.386. The molecule has 2 rings (SSSR count). The average Bonchev–Trinajstić information content (AvgIpc) is 2.67. The third-order valence-electron chi connectivity index (χ3n) is 4.92. The highest BCUT2D eigenvalue weighted by Crippen LogP contribution is 2.35. The number of hydrogen-bond donors (Lipinski definition) is 1. The fourth-order valence-corrected chi connectivity index (χ4v) is 3.20. The summed E-state index contributed by atoms with van der Waals surface area (Å²) in [5, 5.41) is 11.3. The molecule has 0 fully saturated rings. The molecule has 1 unspecified atom stereocenters. The number of para-hydroxylation sites is 1. The van der Waals surface area contributed by atoms with Crippen LogP contribution in [0, 0.1) is 10.1 Å². The Morgan fingerprint density at radius 2 is 1.63 bits per heavy atom. The normalized spacial score (nSPS) is 12.9. The molecule has 6 heteroatoms. The Morgan fingerprint density at radius 3 is 2.26 bits per heavy atom. The minimum Gasteiger partial charge on any atom is -0.369 e. The molecule has 0 saturated heterocycles. The van der Waals surface area contributed by atoms with E-state index in [9.17, 15) is 19.7 Å². The van der Waals surface area contributed by atoms with E-state index in [1.54, 1.807) is 37.3 Å². The van der Waals surface area contributed by atoms with E-state index in [2.05, 4.69) is 0 Å². The molecule has 2 N–H and O–H groups in total. The first-order valence-corrected chi connectivity index (χ1v) is 8.98. The number of unbranched alkanes of at least 4 members (excludes halogenated alkanes) is 2. The summed E-state index contributed by atoms with van der Waals surface area (Å²) in [5.41, 5.74) is 5.41. The minimum atomic E-state index is -1.12. The van der Waals surface area contributed by atoms with Gasteiger partial charge in [-0.25, -0.2) is 0 Å². The molecule has 2 aromatic carbocycles. The number of benzene rings is 2. The van der Waals surface area contributed by atoms with Gasteiger partial charge in [-0.2, -0.15) is 0 Å². The number of Topliss-reactive ketones (excluding diaryl/α,β-unsaturated/α-hetero) is 1. The average molecular weight is 368 g/mol. The van der Waals surface area contributed by atoms with Crippen molar-refractivity contribution in [3.63, 3.8) is 0 Å². The van der Waals surface area contributed by atoms with Crippen molar-refractivity contribution in [2.75, 3.05) is 0 Å². The summed E-state index contributed by atoms with van der Waals surface area (Å²) in [6.07, 6.45) is 2.91. The number of nitrogens with two attached hydrogens (primary N) is 1. The number of amides is 1. The molecular formula is C21H24N2O4. The Morgan fingerprint density at radius 1 is 1.00 bits per heavy atom. The predicted molar refractivity (Wildman–Crippen MR) is 104 cm³/mol. The molecule has 0 aromatic heterocycles. The molecule has 0 heterocycles. The van der Waals surface area contributed by atoms with Gasteiger partial charge in [-0.05, 0) is 19.8 Å². The molecule has 27 heavy (non-hydrogen) atoms. The predicted octanol–water partition coefficient (Wildman–Crippen LogP) is 4.17. The first-order chi connectivity index (χ1) is 12.9. The number of ketones is 1. The van der Waals surface area contributed by atoms with E-state index in [1.807, 2.05) is 18.2 Å². The maximum atomic E-state index is 12.1. The SMILES string of the molecule is CC(CCCCCC(=O)c1ccccc1)(C(N)=O)c1ccccc1[N+](=O)[O-]. The molecule has 6 nitrogen and oxygen atoms in total. The highest BCUT2D eigenvalue weighted by molar-refractivity contribution is 5.95. The van der Waals surface area contributed by atoms with Crippen LogP contribution in [0.25, 0.3) is 0 Å². The molecule has 0 aliphatic carbocycles. The zero-order chi connectivity index (χ0) is 19.9. The van der Waals surface area contributed by atoms with Crippen LogP contribution >= 0.6 is 0 Å². The van der Waals surface area contributed by atoms with E-state index in [4.69, 9.17) is 5.73 Å². The number of carbonyl (C=O) groups is 2. The monoisotopic (exact) mass is 368 g/mol. The molecule has 0 saturated carbocycles. The lowest BCUT2D eigenvalue weighted by Gasteiger charge is -2.26. The number of nitrogens with zero attached hydrogens (tertiary/aromatic N) is 1. The third kappa shape index (κ3) is 5.00. The Balaban J connectivity index is 1.96. The quantitative estimate of drug-likeness (QED) is 0.294. The van der Waals surface area contributed by atoms with Crippen molar-refractivity contribution in [2.24, 2.45) is 5.73 Å². The number of nitro benzene ring substituents is 1. The van der Waals surface area contributed by atoms with Gasteiger partial charge in [0.15, 0.2) is 5.78 Å². The van der Waals surface area contributed by atoms with Crippen molar-refractivity contribution >= 4 is 17.4 Å². The van der Waals surface area contributed by atoms with E-state index >= 15 is 0 Å². The number of hydrogen-bond acceptors (Lipinski definition) is 4. The summed E-state index contributed by atoms with van der Waals surface area (Å²) in [4.78, 5) is 35.0. The van der Waals surface area contributed by atoms with Crippen molar-refractivity contribution in [3.8, 4) is 0 Å². The standard InChI is InChI=1S/C21H24N2O4/c1-21(20(22)25,17-12-7-8-13-18(17)23(26)27)15-9-3-6-14-19(24)16-10-4-2-5-11-16/h2,4-5,7-8,10-13H,3,6,9,14-15H2,1H3,(H2,22,25). The van der Waals surface area contributed by atoms with Crippen LogP contribution in [0.2, 0.25) is 0 Å². The molecule has 0 bridgehead atoms. The highest BCUT2D eigenvalue weighted by atomic mass is 16.6. The second-order valence-electron chi connectivity index (χ2n) is 6.82. The Labute approximate surface area is 158 Å². The smallest absolute Gasteiger partial charge is 0.273 e. The van der Waals surface area contributed by atoms with Crippen LogP contribution in [0.5, 0.6) is 0 Å². The lowest BCUT2D eigenvalue weighted by Crippen LogP contribution is -2.39. The summed E-state index contributed by atoms with van der Waals surface area (Å²) in [5.74, 6) is -0.496. The Bertz CT molecular complexity index is 820. The van der Waals surface area contributed by atoms with E-state index in [0.717, 1.165) is 6.42 Å². The maximum Gasteiger partial charge on any atom is 0.273 e. The van der Waals surface area contributed by atoms with Gasteiger partial charge in [0.1, 0.15) is 0 Å². The fraction of sp³-hybridized carbons (Fsp3) is 0.333. The number of carbonyl (C=O) groups excluding carboxylic acids is 2. The molecule has 0 radical (unpaired) electrons. The number of primary amides is 1. The summed E-state index contributed by atoms with van der Waals surface area (Å²) in [7, 11) is 0. The summed E-state index contributed by atoms with van der Waals surface area (Å²) < 4.78 is 0. The van der Waals surface area contributed by atoms with Crippen LogP contribution in [0.4, 0.5) is 5.69 Å². The van der Waals surface area contributed by atoms with Crippen molar-refractivity contribution < 1.29 is 14.5 Å². The molecular weight excluding hydrogens is 344 g/mol. The van der Waals surface area contributed by atoms with Crippen LogP contribution in [-0.4, -0.2) is 16.6 Å². The van der Waals surface area contributed by atoms with Crippen LogP contribution < -0.4 is 5.73 Å². The van der Waals surface area contributed by atoms with Crippen molar-refractivity contribution in [2.45, 2.75) is 44.4 Å². The van der Waals surface area contributed by atoms with Crippen LogP contribution in [0.15, 0.2) is 54.6 Å². The second-order valence-corrected chi connectivity index (χ2v) is 6.82. The first-order valence-electron chi connectivity index (χ1n) is 8.98. The lowest BCUT2D eigenvalue weighted by atomic mass is 9.76. The first kappa shape index (κ1) is 20.3. The van der Waals surface area contributed by atoms with Gasteiger partial charge in [-0.15, -0.1) is 0 Å². The van der Waals surface area contributed by atoms with Gasteiger partial charge >= 0.3 is 0 Å². The van der Waals surface area contributed by atoms with E-state index in [0.29, 0.717) is 36.8 Å². The van der Waals surface area contributed by atoms with E-state index < -0.39 is 16.2 Å². The van der Waals surface area contributed by atoms with Crippen molar-refractivity contribution in [1.82, 2.24) is 0 Å². The molecule has 142 valence electrons. The summed E-state index contributed by atoms with van der Waals surface area (Å²) >= 11 is 0. The van der Waals surface area contributed by atoms with Gasteiger partial charge in [0.2, 0.25) is 5.91 Å². The van der Waals surface area contributed by atoms with Crippen molar-refractivity contribution in [3.05, 3.63) is 75.8 Å². The summed E-state index contributed by atoms with van der Waals surface area (Å²) in [6.45, 7) is 1.65. The molecule has 0 aliphatic heterocycles. The minimum absolute atomic E-state index is 0.0898. The van der Waals surface area contributed by atoms with Crippen LogP contribution in [0.1, 0.15) is 54.9 Å². The van der Waals surface area contributed by atoms with Gasteiger partial charge in [0.05, 0.1) is 10.3 Å². The van der Waals surface area contributed by atoms with Crippen molar-refractivity contribution in [1.29, 1.82) is 0 Å². The fourth-order valence-electron chi connectivity index (χ4n) is 3.20. The molecule has 0 aliphatic rings. The molecule has 2 aromatic rings. The van der Waals surface area contributed by atoms with Gasteiger partial charge < -0.3 is 5.73 Å². The number of rotatable bonds is 10. The van der Waals surface area contributed by atoms with Crippen LogP contribution in [0.3, 0.4) is 0 Å². The third-order valence-corrected chi connectivity index (χ3v) is 4.92. The zero-order valence-corrected chi connectivity index (χ0v) is 15.4. The largest absolute Gasteiger partial charge is 0.369 e. The second kappa shape index (κ2) is 9.07. The number of nitro groups is 1. The van der Waals surface area contributed by atoms with E-state index in [-0.39, 0.29) is 11.5 Å². The maximum absolute atomic E-state index is 12.1. The van der Waals surface area contributed by atoms with E-state index in [1.165, 1.54) is 6.07 Å². The topological polar surface area (TPSA) is 103 Å². The molecule has 1 atom stereocenters. The van der Waals surface area contributed by atoms with Gasteiger partial charge in [-0.1, -0.05) is 61.4 Å². The Kier molecular flexibility index (Phi) is 6.82. The summed E-state index contributed by atoms with van der Waals surface area (Å²) in [6, 6.07) is 15.3. The molecule has 1 amide bonds. The van der Waals surface area contributed by atoms with Gasteiger partial charge in [0.25, 0.3) is 5.69 Å². The highest BCUT2D eigenvalue weighted by Gasteiger charge is 2.37. The van der Waals surface area contributed by atoms with Gasteiger partial charge in [-0.3, -0.25) is 19.7 Å². The Hall–Kier alpha value is -3.02.